The summed E-state index contributed by atoms with van der Waals surface area (Å²) in [4.78, 5) is 18.0. The molecule has 0 unspecified atom stereocenters. The molecule has 2 atom stereocenters. The first kappa shape index (κ1) is 18.0. The summed E-state index contributed by atoms with van der Waals surface area (Å²) in [5, 5.41) is 3.46. The number of hydrogen-bond donors (Lipinski definition) is 2. The molecule has 4 nitrogen and oxygen atoms in total. The molecule has 2 aliphatic rings. The fourth-order valence-electron chi connectivity index (χ4n) is 4.00. The number of aromatic amines is 1. The number of carbonyl (C=O) groups excluding carboxylic acids is 1. The lowest BCUT2D eigenvalue weighted by molar-refractivity contribution is 0.0759. The second kappa shape index (κ2) is 7.58. The van der Waals surface area contributed by atoms with Crippen LogP contribution in [-0.4, -0.2) is 42.0 Å². The zero-order valence-corrected chi connectivity index (χ0v) is 14.8. The zero-order chi connectivity index (χ0) is 16.5. The SMILES string of the molecule is Cl.O=C(c1c[nH]cc1-c1ccc(F)cc1)N1CC[C@@H]2CNC[C@@H]2CC1. The highest BCUT2D eigenvalue weighted by molar-refractivity contribution is 6.00. The van der Waals surface area contributed by atoms with Crippen molar-refractivity contribution in [2.45, 2.75) is 12.8 Å². The molecule has 4 rings (SSSR count). The lowest BCUT2D eigenvalue weighted by Crippen LogP contribution is -2.32. The number of benzene rings is 1. The van der Waals surface area contributed by atoms with Crippen molar-refractivity contribution >= 4 is 18.3 Å². The predicted molar refractivity (Wildman–Crippen MR) is 98.4 cm³/mol. The van der Waals surface area contributed by atoms with Crippen LogP contribution in [0.2, 0.25) is 0 Å². The number of halogens is 2. The summed E-state index contributed by atoms with van der Waals surface area (Å²) < 4.78 is 13.1. The van der Waals surface area contributed by atoms with Gasteiger partial charge >= 0.3 is 0 Å². The molecule has 134 valence electrons. The van der Waals surface area contributed by atoms with Gasteiger partial charge < -0.3 is 15.2 Å². The molecule has 1 aromatic heterocycles. The summed E-state index contributed by atoms with van der Waals surface area (Å²) in [7, 11) is 0. The quantitative estimate of drug-likeness (QED) is 0.860. The molecule has 6 heteroatoms. The molecule has 1 aromatic carbocycles. The number of hydrogen-bond acceptors (Lipinski definition) is 2. The minimum absolute atomic E-state index is 0. The van der Waals surface area contributed by atoms with Crippen molar-refractivity contribution in [1.29, 1.82) is 0 Å². The van der Waals surface area contributed by atoms with Gasteiger partial charge in [0.25, 0.3) is 5.91 Å². The van der Waals surface area contributed by atoms with Crippen LogP contribution >= 0.6 is 12.4 Å². The second-order valence-electron chi connectivity index (χ2n) is 6.84. The third-order valence-electron chi connectivity index (χ3n) is 5.44. The fraction of sp³-hybridized carbons (Fsp3) is 0.421. The van der Waals surface area contributed by atoms with E-state index in [1.807, 2.05) is 11.1 Å². The Morgan fingerprint density at radius 2 is 1.68 bits per heavy atom. The lowest BCUT2D eigenvalue weighted by atomic mass is 9.92. The van der Waals surface area contributed by atoms with E-state index >= 15 is 0 Å². The standard InChI is InChI=1S/C19H22FN3O.ClH/c20-16-3-1-13(2-4-16)17-11-22-12-18(17)19(24)23-7-5-14-9-21-10-15(14)6-8-23;/h1-4,11-12,14-15,21-22H,5-10H2;1H/t14-,15+;. The van der Waals surface area contributed by atoms with Crippen molar-refractivity contribution < 1.29 is 9.18 Å². The first-order valence-electron chi connectivity index (χ1n) is 8.65. The minimum Gasteiger partial charge on any atom is -0.366 e. The molecule has 0 bridgehead atoms. The molecule has 1 amide bonds. The van der Waals surface area contributed by atoms with E-state index < -0.39 is 0 Å². The van der Waals surface area contributed by atoms with Crippen molar-refractivity contribution in [3.05, 3.63) is 48.0 Å². The fourth-order valence-corrected chi connectivity index (χ4v) is 4.00. The predicted octanol–water partition coefficient (Wildman–Crippen LogP) is 3.31. The Balaban J connectivity index is 0.00000182. The van der Waals surface area contributed by atoms with E-state index in [-0.39, 0.29) is 24.1 Å². The third-order valence-corrected chi connectivity index (χ3v) is 5.44. The number of nitrogens with zero attached hydrogens (tertiary/aromatic N) is 1. The number of H-pyrrole nitrogens is 1. The molecule has 0 radical (unpaired) electrons. The first-order valence-corrected chi connectivity index (χ1v) is 8.65. The van der Waals surface area contributed by atoms with E-state index in [1.165, 1.54) is 12.1 Å². The van der Waals surface area contributed by atoms with Gasteiger partial charge in [0.05, 0.1) is 5.56 Å². The molecule has 2 aromatic rings. The molecule has 2 saturated heterocycles. The van der Waals surface area contributed by atoms with Crippen LogP contribution in [0.4, 0.5) is 4.39 Å². The molecule has 2 N–H and O–H groups in total. The zero-order valence-electron chi connectivity index (χ0n) is 14.0. The van der Waals surface area contributed by atoms with Crippen LogP contribution < -0.4 is 5.32 Å². The Kier molecular flexibility index (Phi) is 5.45. The molecule has 0 aliphatic carbocycles. The van der Waals surface area contributed by atoms with Crippen LogP contribution in [0.15, 0.2) is 36.7 Å². The average molecular weight is 364 g/mol. The van der Waals surface area contributed by atoms with Gasteiger partial charge in [0.2, 0.25) is 0 Å². The van der Waals surface area contributed by atoms with E-state index in [0.29, 0.717) is 17.4 Å². The van der Waals surface area contributed by atoms with E-state index in [1.54, 1.807) is 18.3 Å². The average Bonchev–Trinajstić information content (AvgIpc) is 3.21. The largest absolute Gasteiger partial charge is 0.366 e. The Morgan fingerprint density at radius 1 is 1.04 bits per heavy atom. The highest BCUT2D eigenvalue weighted by Crippen LogP contribution is 2.29. The van der Waals surface area contributed by atoms with Crippen molar-refractivity contribution in [1.82, 2.24) is 15.2 Å². The summed E-state index contributed by atoms with van der Waals surface area (Å²) in [6.07, 6.45) is 5.71. The Morgan fingerprint density at radius 3 is 2.32 bits per heavy atom. The third kappa shape index (κ3) is 3.58. The number of rotatable bonds is 2. The maximum atomic E-state index is 13.1. The van der Waals surface area contributed by atoms with E-state index in [0.717, 1.165) is 50.1 Å². The number of nitrogens with one attached hydrogen (secondary N) is 2. The molecule has 0 saturated carbocycles. The summed E-state index contributed by atoms with van der Waals surface area (Å²) in [5.41, 5.74) is 2.37. The molecular formula is C19H23ClFN3O. The molecule has 3 heterocycles. The highest BCUT2D eigenvalue weighted by atomic mass is 35.5. The molecule has 2 aliphatic heterocycles. The van der Waals surface area contributed by atoms with Crippen LogP contribution in [0, 0.1) is 17.7 Å². The van der Waals surface area contributed by atoms with Gasteiger partial charge in [-0.15, -0.1) is 12.4 Å². The Labute approximate surface area is 153 Å². The van der Waals surface area contributed by atoms with Gasteiger partial charge in [-0.05, 0) is 55.5 Å². The van der Waals surface area contributed by atoms with E-state index in [9.17, 15) is 9.18 Å². The monoisotopic (exact) mass is 363 g/mol. The van der Waals surface area contributed by atoms with Crippen LogP contribution in [0.1, 0.15) is 23.2 Å². The summed E-state index contributed by atoms with van der Waals surface area (Å²) in [6.45, 7) is 3.79. The highest BCUT2D eigenvalue weighted by Gasteiger charge is 2.32. The molecular weight excluding hydrogens is 341 g/mol. The first-order chi connectivity index (χ1) is 11.7. The van der Waals surface area contributed by atoms with E-state index in [2.05, 4.69) is 10.3 Å². The van der Waals surface area contributed by atoms with Crippen molar-refractivity contribution in [3.63, 3.8) is 0 Å². The number of amides is 1. The van der Waals surface area contributed by atoms with Crippen LogP contribution in [0.25, 0.3) is 11.1 Å². The van der Waals surface area contributed by atoms with E-state index in [4.69, 9.17) is 0 Å². The molecule has 0 spiro atoms. The van der Waals surface area contributed by atoms with Crippen molar-refractivity contribution in [2.75, 3.05) is 26.2 Å². The number of carbonyl (C=O) groups is 1. The maximum Gasteiger partial charge on any atom is 0.256 e. The summed E-state index contributed by atoms with van der Waals surface area (Å²) >= 11 is 0. The van der Waals surface area contributed by atoms with Crippen LogP contribution in [0.5, 0.6) is 0 Å². The van der Waals surface area contributed by atoms with Crippen molar-refractivity contribution in [2.24, 2.45) is 11.8 Å². The smallest absolute Gasteiger partial charge is 0.256 e. The number of fused-ring (bicyclic) bond motifs is 1. The van der Waals surface area contributed by atoms with Crippen LogP contribution in [-0.2, 0) is 0 Å². The van der Waals surface area contributed by atoms with Gasteiger partial charge in [-0.1, -0.05) is 12.1 Å². The summed E-state index contributed by atoms with van der Waals surface area (Å²) in [6, 6.07) is 6.29. The van der Waals surface area contributed by atoms with Gasteiger partial charge in [-0.2, -0.15) is 0 Å². The van der Waals surface area contributed by atoms with Crippen molar-refractivity contribution in [3.8, 4) is 11.1 Å². The maximum absolute atomic E-state index is 13.1. The minimum atomic E-state index is -0.269. The van der Waals surface area contributed by atoms with Gasteiger partial charge in [0.15, 0.2) is 0 Å². The number of aromatic nitrogens is 1. The summed E-state index contributed by atoms with van der Waals surface area (Å²) in [5.74, 6) is 1.20. The van der Waals surface area contributed by atoms with Gasteiger partial charge in [-0.25, -0.2) is 4.39 Å². The van der Waals surface area contributed by atoms with Gasteiger partial charge in [0, 0.05) is 31.0 Å². The second-order valence-corrected chi connectivity index (χ2v) is 6.84. The topological polar surface area (TPSA) is 48.1 Å². The van der Waals surface area contributed by atoms with Crippen LogP contribution in [0.3, 0.4) is 0 Å². The molecule has 2 fully saturated rings. The van der Waals surface area contributed by atoms with Gasteiger partial charge in [0.1, 0.15) is 5.82 Å². The Bertz CT molecular complexity index is 717. The van der Waals surface area contributed by atoms with Gasteiger partial charge in [-0.3, -0.25) is 4.79 Å². The normalized spacial score (nSPS) is 22.8. The lowest BCUT2D eigenvalue weighted by Gasteiger charge is -2.21. The molecule has 25 heavy (non-hydrogen) atoms. The Hall–Kier alpha value is -1.85. The number of likely N-dealkylation sites (tertiary alicyclic amines) is 1.